The summed E-state index contributed by atoms with van der Waals surface area (Å²) >= 11 is 0. The van der Waals surface area contributed by atoms with Crippen molar-refractivity contribution in [1.29, 1.82) is 0 Å². The Morgan fingerprint density at radius 3 is 2.38 bits per heavy atom. The van der Waals surface area contributed by atoms with Crippen LogP contribution in [0.15, 0.2) is 36.4 Å². The molecule has 0 unspecified atom stereocenters. The van der Waals surface area contributed by atoms with Gasteiger partial charge in [0, 0.05) is 26.2 Å². The van der Waals surface area contributed by atoms with Crippen LogP contribution >= 0.6 is 0 Å². The van der Waals surface area contributed by atoms with E-state index < -0.39 is 0 Å². The van der Waals surface area contributed by atoms with Crippen LogP contribution in [0.5, 0.6) is 23.0 Å². The van der Waals surface area contributed by atoms with Gasteiger partial charge in [-0.05, 0) is 35.4 Å². The Morgan fingerprint density at radius 2 is 1.72 bits per heavy atom. The number of nitrogens with zero attached hydrogens (tertiary/aromatic N) is 1. The van der Waals surface area contributed by atoms with Crippen molar-refractivity contribution in [3.8, 4) is 23.0 Å². The van der Waals surface area contributed by atoms with Crippen LogP contribution in [0, 0.1) is 0 Å². The van der Waals surface area contributed by atoms with E-state index in [0.29, 0.717) is 30.4 Å². The molecule has 0 atom stereocenters. The number of carbonyl (C=O) groups is 1. The fraction of sp³-hybridized carbons (Fsp3) is 0.458. The van der Waals surface area contributed by atoms with Crippen molar-refractivity contribution in [1.82, 2.24) is 10.2 Å². The van der Waals surface area contributed by atoms with Crippen molar-refractivity contribution in [2.24, 2.45) is 0 Å². The van der Waals surface area contributed by atoms with Gasteiger partial charge in [0.1, 0.15) is 12.4 Å². The van der Waals surface area contributed by atoms with Gasteiger partial charge >= 0.3 is 0 Å². The maximum absolute atomic E-state index is 12.5. The Morgan fingerprint density at radius 1 is 1.00 bits per heavy atom. The molecule has 8 nitrogen and oxygen atoms in total. The lowest BCUT2D eigenvalue weighted by Gasteiger charge is -2.26. The molecule has 32 heavy (non-hydrogen) atoms. The third-order valence-electron chi connectivity index (χ3n) is 5.26. The van der Waals surface area contributed by atoms with E-state index in [4.69, 9.17) is 23.7 Å². The highest BCUT2D eigenvalue weighted by Crippen LogP contribution is 2.38. The fourth-order valence-corrected chi connectivity index (χ4v) is 3.55. The molecule has 0 bridgehead atoms. The minimum absolute atomic E-state index is 0.0992. The fourth-order valence-electron chi connectivity index (χ4n) is 3.55. The first kappa shape index (κ1) is 23.7. The zero-order valence-electron chi connectivity index (χ0n) is 19.0. The zero-order chi connectivity index (χ0) is 22.8. The number of morpholine rings is 1. The zero-order valence-corrected chi connectivity index (χ0v) is 19.0. The number of nitrogens with one attached hydrogen (secondary N) is 1. The van der Waals surface area contributed by atoms with E-state index in [9.17, 15) is 4.79 Å². The summed E-state index contributed by atoms with van der Waals surface area (Å²) in [6.45, 7) is 5.37. The van der Waals surface area contributed by atoms with E-state index in [1.165, 1.54) is 0 Å². The third-order valence-corrected chi connectivity index (χ3v) is 5.26. The number of methoxy groups -OCH3 is 3. The van der Waals surface area contributed by atoms with E-state index in [1.807, 2.05) is 24.3 Å². The molecule has 0 spiro atoms. The molecule has 1 saturated heterocycles. The monoisotopic (exact) mass is 444 g/mol. The second-order valence-corrected chi connectivity index (χ2v) is 7.44. The lowest BCUT2D eigenvalue weighted by molar-refractivity contribution is -0.120. The molecular weight excluding hydrogens is 412 g/mol. The van der Waals surface area contributed by atoms with E-state index in [0.717, 1.165) is 49.7 Å². The highest BCUT2D eigenvalue weighted by atomic mass is 16.5. The molecule has 0 aromatic heterocycles. The van der Waals surface area contributed by atoms with Crippen LogP contribution in [0.25, 0.3) is 0 Å². The number of ether oxygens (including phenoxy) is 5. The Hall–Kier alpha value is -2.97. The maximum atomic E-state index is 12.5. The molecule has 1 aliphatic rings. The molecule has 1 N–H and O–H groups in total. The predicted molar refractivity (Wildman–Crippen MR) is 121 cm³/mol. The van der Waals surface area contributed by atoms with Crippen molar-refractivity contribution in [3.63, 3.8) is 0 Å². The van der Waals surface area contributed by atoms with Gasteiger partial charge in [0.25, 0.3) is 0 Å². The van der Waals surface area contributed by atoms with E-state index in [1.54, 1.807) is 33.5 Å². The lowest BCUT2D eigenvalue weighted by atomic mass is 10.1. The SMILES string of the molecule is COc1cc(CC(=O)NCc2cccc(OCCN3CCOCC3)c2)cc(OC)c1OC. The van der Waals surface area contributed by atoms with Crippen LogP contribution in [0.4, 0.5) is 0 Å². The molecule has 1 amide bonds. The number of amides is 1. The quantitative estimate of drug-likeness (QED) is 0.570. The van der Waals surface area contributed by atoms with E-state index >= 15 is 0 Å². The minimum Gasteiger partial charge on any atom is -0.493 e. The van der Waals surface area contributed by atoms with Gasteiger partial charge in [0.15, 0.2) is 11.5 Å². The number of rotatable bonds is 11. The van der Waals surface area contributed by atoms with Crippen LogP contribution < -0.4 is 24.3 Å². The van der Waals surface area contributed by atoms with Gasteiger partial charge in [-0.25, -0.2) is 0 Å². The average Bonchev–Trinajstić information content (AvgIpc) is 2.83. The highest BCUT2D eigenvalue weighted by molar-refractivity contribution is 5.79. The first-order valence-corrected chi connectivity index (χ1v) is 10.7. The average molecular weight is 445 g/mol. The first-order chi connectivity index (χ1) is 15.6. The van der Waals surface area contributed by atoms with E-state index in [-0.39, 0.29) is 12.3 Å². The van der Waals surface area contributed by atoms with Crippen LogP contribution in [0.1, 0.15) is 11.1 Å². The normalized spacial score (nSPS) is 14.0. The molecular formula is C24H32N2O6. The Labute approximate surface area is 189 Å². The highest BCUT2D eigenvalue weighted by Gasteiger charge is 2.15. The number of benzene rings is 2. The first-order valence-electron chi connectivity index (χ1n) is 10.7. The maximum Gasteiger partial charge on any atom is 0.224 e. The molecule has 174 valence electrons. The van der Waals surface area contributed by atoms with Crippen molar-refractivity contribution < 1.29 is 28.5 Å². The summed E-state index contributed by atoms with van der Waals surface area (Å²) in [6, 6.07) is 11.4. The van der Waals surface area contributed by atoms with Gasteiger partial charge in [-0.15, -0.1) is 0 Å². The number of hydrogen-bond acceptors (Lipinski definition) is 7. The van der Waals surface area contributed by atoms with Gasteiger partial charge < -0.3 is 29.0 Å². The third kappa shape index (κ3) is 6.77. The molecule has 0 aliphatic carbocycles. The smallest absolute Gasteiger partial charge is 0.224 e. The number of hydrogen-bond donors (Lipinski definition) is 1. The minimum atomic E-state index is -0.0992. The Bertz CT molecular complexity index is 858. The molecule has 8 heteroatoms. The Kier molecular flexibility index (Phi) is 9.01. The van der Waals surface area contributed by atoms with Gasteiger partial charge in [0.05, 0.1) is 41.0 Å². The Balaban J connectivity index is 1.50. The van der Waals surface area contributed by atoms with Gasteiger partial charge in [-0.3, -0.25) is 9.69 Å². The molecule has 2 aromatic rings. The summed E-state index contributed by atoms with van der Waals surface area (Å²) in [5, 5.41) is 2.96. The predicted octanol–water partition coefficient (Wildman–Crippen LogP) is 2.28. The molecule has 0 radical (unpaired) electrons. The summed E-state index contributed by atoms with van der Waals surface area (Å²) in [6.07, 6.45) is 0.201. The summed E-state index contributed by atoms with van der Waals surface area (Å²) in [5.41, 5.74) is 1.75. The summed E-state index contributed by atoms with van der Waals surface area (Å²) in [5.74, 6) is 2.25. The second kappa shape index (κ2) is 12.2. The summed E-state index contributed by atoms with van der Waals surface area (Å²) < 4.78 is 27.3. The largest absolute Gasteiger partial charge is 0.493 e. The van der Waals surface area contributed by atoms with Crippen molar-refractivity contribution in [3.05, 3.63) is 47.5 Å². The molecule has 2 aromatic carbocycles. The standard InChI is InChI=1S/C24H32N2O6/c1-28-21-14-19(15-22(29-2)24(21)30-3)16-23(27)25-17-18-5-4-6-20(13-18)32-12-9-26-7-10-31-11-8-26/h4-6,13-15H,7-12,16-17H2,1-3H3,(H,25,27). The molecule has 1 heterocycles. The van der Waals surface area contributed by atoms with Crippen molar-refractivity contribution >= 4 is 5.91 Å². The van der Waals surface area contributed by atoms with E-state index in [2.05, 4.69) is 10.2 Å². The van der Waals surface area contributed by atoms with Crippen LogP contribution in [-0.2, 0) is 22.5 Å². The van der Waals surface area contributed by atoms with Crippen molar-refractivity contribution in [2.75, 3.05) is 60.8 Å². The molecule has 1 fully saturated rings. The lowest BCUT2D eigenvalue weighted by Crippen LogP contribution is -2.38. The summed E-state index contributed by atoms with van der Waals surface area (Å²) in [4.78, 5) is 14.8. The molecule has 1 aliphatic heterocycles. The molecule has 0 saturated carbocycles. The second-order valence-electron chi connectivity index (χ2n) is 7.44. The van der Waals surface area contributed by atoms with Gasteiger partial charge in [-0.2, -0.15) is 0 Å². The summed E-state index contributed by atoms with van der Waals surface area (Å²) in [7, 11) is 4.65. The van der Waals surface area contributed by atoms with Crippen LogP contribution in [0.2, 0.25) is 0 Å². The molecule has 3 rings (SSSR count). The van der Waals surface area contributed by atoms with Crippen LogP contribution in [0.3, 0.4) is 0 Å². The van der Waals surface area contributed by atoms with Crippen LogP contribution in [-0.4, -0.2) is 71.6 Å². The van der Waals surface area contributed by atoms with Gasteiger partial charge in [-0.1, -0.05) is 12.1 Å². The van der Waals surface area contributed by atoms with Crippen molar-refractivity contribution in [2.45, 2.75) is 13.0 Å². The topological polar surface area (TPSA) is 78.5 Å². The number of carbonyl (C=O) groups excluding carboxylic acids is 1. The van der Waals surface area contributed by atoms with Gasteiger partial charge in [0.2, 0.25) is 11.7 Å².